The second-order valence-corrected chi connectivity index (χ2v) is 6.26. The van der Waals surface area contributed by atoms with Crippen molar-refractivity contribution in [2.45, 2.75) is 57.8 Å². The first-order chi connectivity index (χ1) is 11.1. The molecule has 1 aromatic rings. The summed E-state index contributed by atoms with van der Waals surface area (Å²) in [5.74, 6) is -0.296. The average Bonchev–Trinajstić information content (AvgIpc) is 2.97. The maximum absolute atomic E-state index is 11.8. The lowest BCUT2D eigenvalue weighted by Crippen LogP contribution is -2.27. The van der Waals surface area contributed by atoms with Crippen molar-refractivity contribution in [3.63, 3.8) is 0 Å². The molecular weight excluding hydrogens is 292 g/mol. The van der Waals surface area contributed by atoms with E-state index in [-0.39, 0.29) is 24.5 Å². The Kier molecular flexibility index (Phi) is 6.81. The van der Waals surface area contributed by atoms with Crippen LogP contribution in [0.5, 0.6) is 0 Å². The zero-order chi connectivity index (χ0) is 16.5. The number of hydrogen-bond acceptors (Lipinski definition) is 4. The largest absolute Gasteiger partial charge is 0.456 e. The van der Waals surface area contributed by atoms with Crippen LogP contribution in [0.25, 0.3) is 0 Å². The lowest BCUT2D eigenvalue weighted by Gasteiger charge is -2.23. The summed E-state index contributed by atoms with van der Waals surface area (Å²) in [6, 6.07) is 9.92. The topological polar surface area (TPSA) is 44.8 Å². The number of hydrogen-bond donors (Lipinski definition) is 0. The van der Waals surface area contributed by atoms with E-state index in [4.69, 9.17) is 14.2 Å². The molecule has 0 amide bonds. The summed E-state index contributed by atoms with van der Waals surface area (Å²) < 4.78 is 16.5. The zero-order valence-electron chi connectivity index (χ0n) is 14.0. The standard InChI is InChI=1S/C19H26O4/c1-16(22-15-21-14-17-8-4-3-5-9-17)10-11-18(20)23-19(2)12-6-7-13-19/h3-5,8-11,16H,6-7,12-15H2,1-2H3/b11-10+/t16-/m0/s1. The predicted molar refractivity (Wildman–Crippen MR) is 88.8 cm³/mol. The Balaban J connectivity index is 1.61. The van der Waals surface area contributed by atoms with Crippen molar-refractivity contribution in [1.29, 1.82) is 0 Å². The van der Waals surface area contributed by atoms with Gasteiger partial charge >= 0.3 is 5.97 Å². The SMILES string of the molecule is C[C@@H](/C=C/C(=O)OC1(C)CCCC1)OCOCc1ccccc1. The molecule has 1 atom stereocenters. The van der Waals surface area contributed by atoms with Crippen LogP contribution in [0.2, 0.25) is 0 Å². The van der Waals surface area contributed by atoms with E-state index in [1.54, 1.807) is 6.08 Å². The monoisotopic (exact) mass is 318 g/mol. The highest BCUT2D eigenvalue weighted by atomic mass is 16.7. The van der Waals surface area contributed by atoms with Gasteiger partial charge in [-0.1, -0.05) is 30.3 Å². The molecule has 1 saturated carbocycles. The molecule has 1 aromatic carbocycles. The van der Waals surface area contributed by atoms with Gasteiger partial charge in [-0.15, -0.1) is 0 Å². The molecule has 0 aromatic heterocycles. The summed E-state index contributed by atoms with van der Waals surface area (Å²) >= 11 is 0. The van der Waals surface area contributed by atoms with Gasteiger partial charge in [-0.05, 0) is 51.2 Å². The van der Waals surface area contributed by atoms with E-state index < -0.39 is 0 Å². The molecule has 0 radical (unpaired) electrons. The van der Waals surface area contributed by atoms with Gasteiger partial charge in [0.05, 0.1) is 12.7 Å². The third kappa shape index (κ3) is 6.55. The molecule has 0 N–H and O–H groups in total. The fourth-order valence-electron chi connectivity index (χ4n) is 2.66. The molecule has 2 rings (SSSR count). The van der Waals surface area contributed by atoms with Gasteiger partial charge < -0.3 is 14.2 Å². The van der Waals surface area contributed by atoms with E-state index in [9.17, 15) is 4.79 Å². The van der Waals surface area contributed by atoms with Crippen LogP contribution in [0.15, 0.2) is 42.5 Å². The Labute approximate surface area is 138 Å². The van der Waals surface area contributed by atoms with Gasteiger partial charge in [0.15, 0.2) is 0 Å². The fraction of sp³-hybridized carbons (Fsp3) is 0.526. The highest BCUT2D eigenvalue weighted by molar-refractivity contribution is 5.82. The van der Waals surface area contributed by atoms with E-state index in [1.807, 2.05) is 44.2 Å². The van der Waals surface area contributed by atoms with E-state index in [2.05, 4.69) is 0 Å². The lowest BCUT2D eigenvalue weighted by molar-refractivity contribution is -0.151. The summed E-state index contributed by atoms with van der Waals surface area (Å²) in [4.78, 5) is 11.8. The summed E-state index contributed by atoms with van der Waals surface area (Å²) in [6.07, 6.45) is 7.11. The number of ether oxygens (including phenoxy) is 3. The van der Waals surface area contributed by atoms with E-state index in [1.165, 1.54) is 6.08 Å². The summed E-state index contributed by atoms with van der Waals surface area (Å²) in [5, 5.41) is 0. The van der Waals surface area contributed by atoms with Crippen LogP contribution in [-0.2, 0) is 25.6 Å². The maximum atomic E-state index is 11.8. The third-order valence-corrected chi connectivity index (χ3v) is 4.04. The molecule has 0 unspecified atom stereocenters. The summed E-state index contributed by atoms with van der Waals surface area (Å²) in [6.45, 7) is 4.57. The molecule has 0 saturated heterocycles. The van der Waals surface area contributed by atoms with Gasteiger partial charge in [0.25, 0.3) is 0 Å². The van der Waals surface area contributed by atoms with Crippen LogP contribution in [0.4, 0.5) is 0 Å². The smallest absolute Gasteiger partial charge is 0.331 e. The molecule has 126 valence electrons. The molecule has 4 heteroatoms. The van der Waals surface area contributed by atoms with Crippen molar-refractivity contribution in [3.05, 3.63) is 48.0 Å². The van der Waals surface area contributed by atoms with Gasteiger partial charge in [0.1, 0.15) is 12.4 Å². The first kappa shape index (κ1) is 17.7. The summed E-state index contributed by atoms with van der Waals surface area (Å²) in [5.41, 5.74) is 0.817. The van der Waals surface area contributed by atoms with Crippen LogP contribution in [-0.4, -0.2) is 24.5 Å². The van der Waals surface area contributed by atoms with Crippen LogP contribution in [0.3, 0.4) is 0 Å². The van der Waals surface area contributed by atoms with Gasteiger partial charge in [-0.2, -0.15) is 0 Å². The first-order valence-electron chi connectivity index (χ1n) is 8.22. The van der Waals surface area contributed by atoms with Crippen molar-refractivity contribution in [2.75, 3.05) is 6.79 Å². The molecule has 23 heavy (non-hydrogen) atoms. The van der Waals surface area contributed by atoms with Gasteiger partial charge in [0.2, 0.25) is 0 Å². The van der Waals surface area contributed by atoms with Crippen LogP contribution in [0.1, 0.15) is 45.1 Å². The molecule has 0 bridgehead atoms. The Bertz CT molecular complexity index is 503. The maximum Gasteiger partial charge on any atom is 0.331 e. The molecule has 1 aliphatic carbocycles. The minimum atomic E-state index is -0.296. The Morgan fingerprint density at radius 1 is 1.26 bits per heavy atom. The van der Waals surface area contributed by atoms with Crippen LogP contribution in [0, 0.1) is 0 Å². The van der Waals surface area contributed by atoms with Crippen LogP contribution < -0.4 is 0 Å². The Morgan fingerprint density at radius 2 is 1.96 bits per heavy atom. The number of rotatable bonds is 8. The predicted octanol–water partition coefficient (Wildman–Crippen LogP) is 4.00. The van der Waals surface area contributed by atoms with Crippen molar-refractivity contribution >= 4 is 5.97 Å². The molecule has 0 spiro atoms. The number of carbonyl (C=O) groups excluding carboxylic acids is 1. The highest BCUT2D eigenvalue weighted by Gasteiger charge is 2.31. The minimum absolute atomic E-state index is 0.188. The van der Waals surface area contributed by atoms with Crippen molar-refractivity contribution < 1.29 is 19.0 Å². The van der Waals surface area contributed by atoms with Gasteiger partial charge in [-0.3, -0.25) is 0 Å². The summed E-state index contributed by atoms with van der Waals surface area (Å²) in [7, 11) is 0. The van der Waals surface area contributed by atoms with E-state index in [0.717, 1.165) is 31.2 Å². The molecular formula is C19H26O4. The first-order valence-corrected chi connectivity index (χ1v) is 8.22. The van der Waals surface area contributed by atoms with Gasteiger partial charge in [0, 0.05) is 6.08 Å². The second-order valence-electron chi connectivity index (χ2n) is 6.26. The number of benzene rings is 1. The normalized spacial score (nSPS) is 18.2. The lowest BCUT2D eigenvalue weighted by atomic mass is 10.1. The Hall–Kier alpha value is -1.65. The van der Waals surface area contributed by atoms with E-state index in [0.29, 0.717) is 6.61 Å². The molecule has 0 aliphatic heterocycles. The van der Waals surface area contributed by atoms with Gasteiger partial charge in [-0.25, -0.2) is 4.79 Å². The van der Waals surface area contributed by atoms with E-state index >= 15 is 0 Å². The third-order valence-electron chi connectivity index (χ3n) is 4.04. The zero-order valence-corrected chi connectivity index (χ0v) is 14.0. The average molecular weight is 318 g/mol. The molecule has 4 nitrogen and oxygen atoms in total. The van der Waals surface area contributed by atoms with Crippen molar-refractivity contribution in [1.82, 2.24) is 0 Å². The minimum Gasteiger partial charge on any atom is -0.456 e. The quantitative estimate of drug-likeness (QED) is 0.314. The molecule has 1 aliphatic rings. The molecule has 0 heterocycles. The second kappa shape index (κ2) is 8.85. The fourth-order valence-corrected chi connectivity index (χ4v) is 2.66. The number of carbonyl (C=O) groups is 1. The number of esters is 1. The van der Waals surface area contributed by atoms with Crippen LogP contribution >= 0.6 is 0 Å². The van der Waals surface area contributed by atoms with Crippen molar-refractivity contribution in [3.8, 4) is 0 Å². The highest BCUT2D eigenvalue weighted by Crippen LogP contribution is 2.32. The van der Waals surface area contributed by atoms with Crippen molar-refractivity contribution in [2.24, 2.45) is 0 Å². The Morgan fingerprint density at radius 3 is 2.65 bits per heavy atom. The molecule has 1 fully saturated rings.